The minimum Gasteiger partial charge on any atom is -0.481 e. The monoisotopic (exact) mass is 263 g/mol. The predicted octanol–water partition coefficient (Wildman–Crippen LogP) is 1.28. The highest BCUT2D eigenvalue weighted by Gasteiger charge is 2.19. The van der Waals surface area contributed by atoms with E-state index < -0.39 is 11.9 Å². The van der Waals surface area contributed by atoms with Crippen molar-refractivity contribution in [2.24, 2.45) is 11.8 Å². The summed E-state index contributed by atoms with van der Waals surface area (Å²) < 4.78 is 1.73. The summed E-state index contributed by atoms with van der Waals surface area (Å²) in [4.78, 5) is 15.3. The summed E-state index contributed by atoms with van der Waals surface area (Å²) in [5.41, 5.74) is 0.594. The van der Waals surface area contributed by atoms with Crippen LogP contribution in [0.15, 0.2) is 18.7 Å². The number of hydrogen-bond acceptors (Lipinski definition) is 5. The molecule has 1 atom stereocenters. The van der Waals surface area contributed by atoms with E-state index in [1.165, 1.54) is 0 Å². The average Bonchev–Trinajstić information content (AvgIpc) is 2.82. The largest absolute Gasteiger partial charge is 0.481 e. The molecule has 2 aromatic rings. The summed E-state index contributed by atoms with van der Waals surface area (Å²) in [6, 6.07) is 0. The van der Waals surface area contributed by atoms with E-state index in [-0.39, 0.29) is 0 Å². The molecule has 0 aliphatic carbocycles. The van der Waals surface area contributed by atoms with Crippen LogP contribution in [-0.2, 0) is 4.79 Å². The maximum Gasteiger partial charge on any atom is 0.308 e. The molecule has 2 N–H and O–H groups in total. The highest BCUT2D eigenvalue weighted by atomic mass is 16.4. The van der Waals surface area contributed by atoms with Gasteiger partial charge in [0.1, 0.15) is 6.33 Å². The number of carbonyl (C=O) groups is 1. The molecule has 0 fully saturated rings. The lowest BCUT2D eigenvalue weighted by Gasteiger charge is -2.15. The summed E-state index contributed by atoms with van der Waals surface area (Å²) in [6.45, 7) is 4.34. The van der Waals surface area contributed by atoms with Crippen molar-refractivity contribution < 1.29 is 9.90 Å². The Bertz CT molecular complexity index is 566. The van der Waals surface area contributed by atoms with Crippen molar-refractivity contribution in [3.05, 3.63) is 18.7 Å². The molecule has 0 amide bonds. The summed E-state index contributed by atoms with van der Waals surface area (Å²) >= 11 is 0. The van der Waals surface area contributed by atoms with E-state index in [0.29, 0.717) is 30.3 Å². The molecule has 7 nitrogen and oxygen atoms in total. The molecular formula is C12H17N5O2. The number of aromatic nitrogens is 4. The number of anilines is 1. The molecule has 2 heterocycles. The number of carboxylic acid groups (broad SMARTS) is 1. The molecule has 0 aliphatic rings. The Labute approximate surface area is 110 Å². The second-order valence-electron chi connectivity index (χ2n) is 4.88. The van der Waals surface area contributed by atoms with Gasteiger partial charge in [-0.05, 0) is 12.3 Å². The highest BCUT2D eigenvalue weighted by Crippen LogP contribution is 2.15. The zero-order chi connectivity index (χ0) is 13.8. The second-order valence-corrected chi connectivity index (χ2v) is 4.88. The maximum atomic E-state index is 11.2. The van der Waals surface area contributed by atoms with Gasteiger partial charge in [-0.15, -0.1) is 10.2 Å². The van der Waals surface area contributed by atoms with E-state index in [9.17, 15) is 9.90 Å². The molecule has 2 rings (SSSR count). The first-order valence-corrected chi connectivity index (χ1v) is 6.19. The molecular weight excluding hydrogens is 246 g/mol. The molecule has 0 spiro atoms. The molecule has 0 saturated carbocycles. The molecule has 7 heteroatoms. The topological polar surface area (TPSA) is 92.4 Å². The number of nitrogens with zero attached hydrogens (tertiary/aromatic N) is 4. The van der Waals surface area contributed by atoms with Crippen LogP contribution in [0.3, 0.4) is 0 Å². The maximum absolute atomic E-state index is 11.2. The predicted molar refractivity (Wildman–Crippen MR) is 69.9 cm³/mol. The van der Waals surface area contributed by atoms with Crippen LogP contribution in [0.25, 0.3) is 5.65 Å². The molecule has 0 aliphatic heterocycles. The van der Waals surface area contributed by atoms with Crippen LogP contribution in [0.2, 0.25) is 0 Å². The van der Waals surface area contributed by atoms with E-state index in [0.717, 1.165) is 0 Å². The van der Waals surface area contributed by atoms with Gasteiger partial charge in [0.2, 0.25) is 5.65 Å². The Morgan fingerprint density at radius 2 is 2.32 bits per heavy atom. The SMILES string of the molecule is CC(C)CC(CNc1nccn2cnnc12)C(=O)O. The first-order valence-electron chi connectivity index (χ1n) is 6.19. The lowest BCUT2D eigenvalue weighted by molar-refractivity contribution is -0.141. The summed E-state index contributed by atoms with van der Waals surface area (Å²) in [5.74, 6) is -0.352. The van der Waals surface area contributed by atoms with E-state index in [1.807, 2.05) is 13.8 Å². The van der Waals surface area contributed by atoms with Crippen molar-refractivity contribution in [3.63, 3.8) is 0 Å². The van der Waals surface area contributed by atoms with Crippen LogP contribution < -0.4 is 5.32 Å². The Morgan fingerprint density at radius 3 is 3.00 bits per heavy atom. The van der Waals surface area contributed by atoms with Gasteiger partial charge in [0.15, 0.2) is 5.82 Å². The van der Waals surface area contributed by atoms with Gasteiger partial charge >= 0.3 is 5.97 Å². The number of fused-ring (bicyclic) bond motifs is 1. The van der Waals surface area contributed by atoms with E-state index in [4.69, 9.17) is 0 Å². The van der Waals surface area contributed by atoms with Crippen molar-refractivity contribution in [1.29, 1.82) is 0 Å². The molecule has 2 aromatic heterocycles. The Morgan fingerprint density at radius 1 is 1.53 bits per heavy atom. The molecule has 0 aromatic carbocycles. The van der Waals surface area contributed by atoms with E-state index in [1.54, 1.807) is 23.1 Å². The van der Waals surface area contributed by atoms with Crippen molar-refractivity contribution in [3.8, 4) is 0 Å². The van der Waals surface area contributed by atoms with Crippen LogP contribution >= 0.6 is 0 Å². The standard InChI is InChI=1S/C12H17N5O2/c1-8(2)5-9(12(18)19)6-14-10-11-16-15-7-17(11)4-3-13-10/h3-4,7-9H,5-6H2,1-2H3,(H,13,14)(H,18,19). The molecule has 102 valence electrons. The summed E-state index contributed by atoms with van der Waals surface area (Å²) in [7, 11) is 0. The van der Waals surface area contributed by atoms with Crippen LogP contribution in [0.4, 0.5) is 5.82 Å². The van der Waals surface area contributed by atoms with Crippen molar-refractivity contribution in [2.45, 2.75) is 20.3 Å². The first kappa shape index (κ1) is 13.3. The Hall–Kier alpha value is -2.18. The van der Waals surface area contributed by atoms with E-state index in [2.05, 4.69) is 20.5 Å². The second kappa shape index (κ2) is 5.64. The Kier molecular flexibility index (Phi) is 3.94. The fraction of sp³-hybridized carbons (Fsp3) is 0.500. The first-order chi connectivity index (χ1) is 9.08. The molecule has 19 heavy (non-hydrogen) atoms. The number of nitrogens with one attached hydrogen (secondary N) is 1. The molecule has 0 bridgehead atoms. The van der Waals surface area contributed by atoms with Gasteiger partial charge < -0.3 is 10.4 Å². The molecule has 0 radical (unpaired) electrons. The lowest BCUT2D eigenvalue weighted by Crippen LogP contribution is -2.25. The normalized spacial score (nSPS) is 12.8. The van der Waals surface area contributed by atoms with Crippen LogP contribution in [0.1, 0.15) is 20.3 Å². The third-order valence-electron chi connectivity index (χ3n) is 2.84. The highest BCUT2D eigenvalue weighted by molar-refractivity contribution is 5.71. The fourth-order valence-electron chi connectivity index (χ4n) is 1.94. The number of aliphatic carboxylic acids is 1. The van der Waals surface area contributed by atoms with Gasteiger partial charge in [-0.25, -0.2) is 4.98 Å². The van der Waals surface area contributed by atoms with Crippen LogP contribution in [0.5, 0.6) is 0 Å². The lowest BCUT2D eigenvalue weighted by atomic mass is 9.97. The van der Waals surface area contributed by atoms with Crippen molar-refractivity contribution in [1.82, 2.24) is 19.6 Å². The average molecular weight is 263 g/mol. The Balaban J connectivity index is 2.08. The summed E-state index contributed by atoms with van der Waals surface area (Å²) in [6.07, 6.45) is 5.56. The minimum atomic E-state index is -0.797. The quantitative estimate of drug-likeness (QED) is 0.815. The third kappa shape index (κ3) is 3.18. The number of hydrogen-bond donors (Lipinski definition) is 2. The fourth-order valence-corrected chi connectivity index (χ4v) is 1.94. The van der Waals surface area contributed by atoms with Gasteiger partial charge in [0.05, 0.1) is 5.92 Å². The van der Waals surface area contributed by atoms with Crippen LogP contribution in [0, 0.1) is 11.8 Å². The van der Waals surface area contributed by atoms with Gasteiger partial charge in [-0.2, -0.15) is 0 Å². The zero-order valence-electron chi connectivity index (χ0n) is 10.9. The number of carboxylic acids is 1. The number of rotatable bonds is 6. The smallest absolute Gasteiger partial charge is 0.308 e. The molecule has 1 unspecified atom stereocenters. The molecule has 0 saturated heterocycles. The summed E-state index contributed by atoms with van der Waals surface area (Å²) in [5, 5.41) is 20.0. The van der Waals surface area contributed by atoms with Gasteiger partial charge in [0, 0.05) is 18.9 Å². The minimum absolute atomic E-state index is 0.326. The van der Waals surface area contributed by atoms with Gasteiger partial charge in [0.25, 0.3) is 0 Å². The van der Waals surface area contributed by atoms with Crippen LogP contribution in [-0.4, -0.2) is 37.2 Å². The van der Waals surface area contributed by atoms with E-state index >= 15 is 0 Å². The van der Waals surface area contributed by atoms with Gasteiger partial charge in [-0.1, -0.05) is 13.8 Å². The van der Waals surface area contributed by atoms with Crippen molar-refractivity contribution in [2.75, 3.05) is 11.9 Å². The zero-order valence-corrected chi connectivity index (χ0v) is 10.9. The van der Waals surface area contributed by atoms with Crippen molar-refractivity contribution >= 4 is 17.4 Å². The van der Waals surface area contributed by atoms with Gasteiger partial charge in [-0.3, -0.25) is 9.20 Å². The third-order valence-corrected chi connectivity index (χ3v) is 2.84.